The van der Waals surface area contributed by atoms with Crippen molar-refractivity contribution in [2.45, 2.75) is 18.7 Å². The van der Waals surface area contributed by atoms with Gasteiger partial charge in [0.25, 0.3) is 0 Å². The van der Waals surface area contributed by atoms with Gasteiger partial charge in [0, 0.05) is 0 Å². The summed E-state index contributed by atoms with van der Waals surface area (Å²) in [4.78, 5) is 0.611. The fourth-order valence-electron chi connectivity index (χ4n) is 1.51. The highest BCUT2D eigenvalue weighted by atomic mass is 35.7. The van der Waals surface area contributed by atoms with Crippen molar-refractivity contribution in [3.8, 4) is 5.75 Å². The number of aryl methyl sites for hydroxylation is 2. The molecule has 0 aromatic heterocycles. The molecule has 1 rings (SSSR count). The Hall–Kier alpha value is -0.670. The molecule has 0 saturated carbocycles. The number of methoxy groups -OCH3 is 1. The molecule has 0 aliphatic carbocycles. The smallest absolute Gasteiger partial charge is 0.119 e. The zero-order valence-corrected chi connectivity index (χ0v) is 10.0. The summed E-state index contributed by atoms with van der Waals surface area (Å²) >= 11 is 0. The van der Waals surface area contributed by atoms with Gasteiger partial charge in [-0.15, -0.1) is 0 Å². The first-order valence-corrected chi connectivity index (χ1v) is 6.63. The van der Waals surface area contributed by atoms with E-state index in [1.165, 1.54) is 0 Å². The lowest BCUT2D eigenvalue weighted by Gasteiger charge is -2.11. The monoisotopic (exact) mass is 232 g/mol. The van der Waals surface area contributed by atoms with Crippen molar-refractivity contribution in [2.75, 3.05) is 7.11 Å². The van der Waals surface area contributed by atoms with Gasteiger partial charge in [0.2, 0.25) is 0 Å². The standard InChI is InChI=1S/C10H13ClO2S/c1-7-5-9(13-3)6-8(2)10(7)14(4,11)12/h5-6H,4H2,1-3H3. The predicted octanol–water partition coefficient (Wildman–Crippen LogP) is 2.54. The molecule has 0 fully saturated rings. The molecule has 0 spiro atoms. The van der Waals surface area contributed by atoms with E-state index in [0.717, 1.165) is 16.9 Å². The van der Waals surface area contributed by atoms with Gasteiger partial charge in [-0.2, -0.15) is 0 Å². The Morgan fingerprint density at radius 2 is 1.79 bits per heavy atom. The molecule has 78 valence electrons. The topological polar surface area (TPSA) is 26.3 Å². The van der Waals surface area contributed by atoms with Gasteiger partial charge in [0.15, 0.2) is 0 Å². The fourth-order valence-corrected chi connectivity index (χ4v) is 3.32. The van der Waals surface area contributed by atoms with E-state index in [1.54, 1.807) is 19.2 Å². The Bertz CT molecular complexity index is 426. The summed E-state index contributed by atoms with van der Waals surface area (Å²) in [5, 5.41) is 0. The molecule has 1 aromatic rings. The summed E-state index contributed by atoms with van der Waals surface area (Å²) in [5.41, 5.74) is 1.69. The second-order valence-corrected chi connectivity index (χ2v) is 6.28. The predicted molar refractivity (Wildman–Crippen MR) is 61.9 cm³/mol. The molecule has 1 atom stereocenters. The molecule has 4 heteroatoms. The normalized spacial score (nSPS) is 14.9. The van der Waals surface area contributed by atoms with Gasteiger partial charge in [-0.3, -0.25) is 0 Å². The third kappa shape index (κ3) is 2.22. The molecule has 0 N–H and O–H groups in total. The minimum absolute atomic E-state index is 0.611. The Morgan fingerprint density at radius 3 is 2.07 bits per heavy atom. The van der Waals surface area contributed by atoms with E-state index in [4.69, 9.17) is 15.4 Å². The number of hydrogen-bond acceptors (Lipinski definition) is 2. The third-order valence-electron chi connectivity index (χ3n) is 1.97. The van der Waals surface area contributed by atoms with Crippen molar-refractivity contribution in [3.05, 3.63) is 23.3 Å². The maximum absolute atomic E-state index is 11.6. The van der Waals surface area contributed by atoms with Crippen LogP contribution in [0.4, 0.5) is 0 Å². The van der Waals surface area contributed by atoms with Gasteiger partial charge >= 0.3 is 0 Å². The van der Waals surface area contributed by atoms with E-state index in [1.807, 2.05) is 13.8 Å². The SMILES string of the molecule is C=S(=O)(Cl)c1c(C)cc(OC)cc1C. The molecule has 0 heterocycles. The van der Waals surface area contributed by atoms with E-state index in [0.29, 0.717) is 4.90 Å². The van der Waals surface area contributed by atoms with E-state index in [9.17, 15) is 4.21 Å². The van der Waals surface area contributed by atoms with Crippen LogP contribution in [0.1, 0.15) is 11.1 Å². The lowest BCUT2D eigenvalue weighted by Crippen LogP contribution is -1.99. The van der Waals surface area contributed by atoms with Gasteiger partial charge in [-0.1, -0.05) is 0 Å². The first-order chi connectivity index (χ1) is 6.36. The molecule has 14 heavy (non-hydrogen) atoms. The second kappa shape index (κ2) is 3.83. The van der Waals surface area contributed by atoms with Crippen molar-refractivity contribution in [2.24, 2.45) is 0 Å². The van der Waals surface area contributed by atoms with Gasteiger partial charge in [0.1, 0.15) is 5.75 Å². The molecular formula is C10H13ClO2S. The van der Waals surface area contributed by atoms with E-state index in [2.05, 4.69) is 5.87 Å². The Kier molecular flexibility index (Phi) is 3.12. The molecule has 2 nitrogen and oxygen atoms in total. The van der Waals surface area contributed by atoms with Crippen LogP contribution in [-0.4, -0.2) is 17.2 Å². The van der Waals surface area contributed by atoms with Crippen LogP contribution in [0.3, 0.4) is 0 Å². The fraction of sp³-hybridized carbons (Fsp3) is 0.300. The van der Waals surface area contributed by atoms with Crippen molar-refractivity contribution in [1.82, 2.24) is 0 Å². The molecule has 1 aromatic carbocycles. The van der Waals surface area contributed by atoms with Crippen LogP contribution in [0.15, 0.2) is 17.0 Å². The summed E-state index contributed by atoms with van der Waals surface area (Å²) in [6.45, 7) is 3.69. The zero-order valence-electron chi connectivity index (χ0n) is 8.46. The number of benzene rings is 1. The first-order valence-electron chi connectivity index (χ1n) is 4.08. The van der Waals surface area contributed by atoms with Gasteiger partial charge in [-0.05, 0) is 53.7 Å². The van der Waals surface area contributed by atoms with Crippen molar-refractivity contribution >= 4 is 25.3 Å². The largest absolute Gasteiger partial charge is 0.497 e. The van der Waals surface area contributed by atoms with E-state index in [-0.39, 0.29) is 0 Å². The maximum Gasteiger partial charge on any atom is 0.119 e. The van der Waals surface area contributed by atoms with Gasteiger partial charge < -0.3 is 4.74 Å². The Morgan fingerprint density at radius 1 is 1.36 bits per heavy atom. The van der Waals surface area contributed by atoms with Gasteiger partial charge in [0.05, 0.1) is 20.7 Å². The summed E-state index contributed by atoms with van der Waals surface area (Å²) in [5.74, 6) is 4.21. The molecule has 0 aliphatic rings. The number of halogens is 1. The molecule has 0 radical (unpaired) electrons. The second-order valence-electron chi connectivity index (χ2n) is 3.19. The van der Waals surface area contributed by atoms with Crippen LogP contribution in [0.2, 0.25) is 0 Å². The maximum atomic E-state index is 11.6. The van der Waals surface area contributed by atoms with Crippen molar-refractivity contribution in [1.29, 1.82) is 0 Å². The lowest BCUT2D eigenvalue weighted by atomic mass is 10.1. The van der Waals surface area contributed by atoms with Crippen LogP contribution >= 0.6 is 10.7 Å². The average molecular weight is 233 g/mol. The zero-order chi connectivity index (χ0) is 10.9. The van der Waals surface area contributed by atoms with Crippen LogP contribution < -0.4 is 4.74 Å². The molecule has 0 amide bonds. The lowest BCUT2D eigenvalue weighted by molar-refractivity contribution is 0.413. The van der Waals surface area contributed by atoms with E-state index >= 15 is 0 Å². The quantitative estimate of drug-likeness (QED) is 0.579. The Labute approximate surface area is 89.4 Å². The highest BCUT2D eigenvalue weighted by Gasteiger charge is 2.12. The highest BCUT2D eigenvalue weighted by molar-refractivity contribution is 8.21. The van der Waals surface area contributed by atoms with Gasteiger partial charge in [-0.25, -0.2) is 4.21 Å². The minimum atomic E-state index is -2.67. The van der Waals surface area contributed by atoms with Crippen LogP contribution in [0, 0.1) is 13.8 Å². The summed E-state index contributed by atoms with van der Waals surface area (Å²) in [6.07, 6.45) is 0. The Balaban J connectivity index is 3.48. The molecular weight excluding hydrogens is 220 g/mol. The van der Waals surface area contributed by atoms with Crippen LogP contribution in [0.5, 0.6) is 5.75 Å². The molecule has 0 saturated heterocycles. The first kappa shape index (κ1) is 11.4. The van der Waals surface area contributed by atoms with E-state index < -0.39 is 8.74 Å². The molecule has 0 aliphatic heterocycles. The number of hydrogen-bond donors (Lipinski definition) is 0. The van der Waals surface area contributed by atoms with Crippen molar-refractivity contribution < 1.29 is 8.95 Å². The molecule has 1 unspecified atom stereocenters. The highest BCUT2D eigenvalue weighted by Crippen LogP contribution is 2.27. The summed E-state index contributed by atoms with van der Waals surface area (Å²) in [7, 11) is 4.66. The van der Waals surface area contributed by atoms with Crippen LogP contribution in [0.25, 0.3) is 0 Å². The average Bonchev–Trinajstić information content (AvgIpc) is 1.99. The number of ether oxygens (including phenoxy) is 1. The summed E-state index contributed by atoms with van der Waals surface area (Å²) in [6, 6.07) is 3.60. The van der Waals surface area contributed by atoms with Crippen molar-refractivity contribution in [3.63, 3.8) is 0 Å². The third-order valence-corrected chi connectivity index (χ3v) is 3.69. The number of rotatable bonds is 2. The summed E-state index contributed by atoms with van der Waals surface area (Å²) < 4.78 is 16.7. The van der Waals surface area contributed by atoms with Crippen LogP contribution in [-0.2, 0) is 8.74 Å². The molecule has 0 bridgehead atoms. The minimum Gasteiger partial charge on any atom is -0.497 e.